The minimum atomic E-state index is -4.10. The van der Waals surface area contributed by atoms with E-state index in [4.69, 9.17) is 0 Å². The first-order valence-electron chi connectivity index (χ1n) is 5.76. The fraction of sp³-hybridized carbons (Fsp3) is 0.800. The highest BCUT2D eigenvalue weighted by Crippen LogP contribution is 2.23. The van der Waals surface area contributed by atoms with Gasteiger partial charge in [0.05, 0.1) is 6.54 Å². The zero-order valence-corrected chi connectivity index (χ0v) is 10.8. The minimum Gasteiger partial charge on any atom is -0.360 e. The molecule has 0 amide bonds. The Morgan fingerprint density at radius 1 is 1.50 bits per heavy atom. The van der Waals surface area contributed by atoms with E-state index in [1.165, 1.54) is 16.4 Å². The third-order valence-electron chi connectivity index (χ3n) is 2.84. The third-order valence-corrected chi connectivity index (χ3v) is 3.61. The van der Waals surface area contributed by atoms with E-state index in [0.29, 0.717) is 25.5 Å². The number of nitrogens with zero attached hydrogens (tertiary/aromatic N) is 3. The van der Waals surface area contributed by atoms with E-state index in [1.807, 2.05) is 6.92 Å². The number of rotatable bonds is 4. The maximum atomic E-state index is 12.2. The van der Waals surface area contributed by atoms with Crippen LogP contribution >= 0.6 is 11.5 Å². The maximum Gasteiger partial charge on any atom is 0.401 e. The summed E-state index contributed by atoms with van der Waals surface area (Å²) in [5, 5.41) is 3.87. The standard InChI is InChI=1S/C10H15F3N4S/c1-7-15-9(18-16-7)14-4-8-2-3-17(5-8)6-10(11,12)13/h8H,2-6H2,1H3,(H,14,15,16). The van der Waals surface area contributed by atoms with Crippen molar-refractivity contribution in [2.45, 2.75) is 19.5 Å². The number of nitrogens with one attached hydrogen (secondary N) is 1. The molecule has 1 atom stereocenters. The van der Waals surface area contributed by atoms with Crippen molar-refractivity contribution in [3.05, 3.63) is 5.82 Å². The Kier molecular flexibility index (Phi) is 4.06. The second-order valence-electron chi connectivity index (χ2n) is 4.53. The molecule has 1 N–H and O–H groups in total. The van der Waals surface area contributed by atoms with Gasteiger partial charge in [0.2, 0.25) is 5.13 Å². The molecule has 4 nitrogen and oxygen atoms in total. The van der Waals surface area contributed by atoms with Gasteiger partial charge in [0, 0.05) is 24.6 Å². The lowest BCUT2D eigenvalue weighted by Crippen LogP contribution is -2.33. The predicted octanol–water partition coefficient (Wildman–Crippen LogP) is 2.14. The van der Waals surface area contributed by atoms with Gasteiger partial charge in [-0.05, 0) is 25.8 Å². The molecule has 1 saturated heterocycles. The summed E-state index contributed by atoms with van der Waals surface area (Å²) in [5.41, 5.74) is 0. The number of aryl methyl sites for hydroxylation is 1. The second kappa shape index (κ2) is 5.40. The summed E-state index contributed by atoms with van der Waals surface area (Å²) in [4.78, 5) is 5.61. The topological polar surface area (TPSA) is 41.1 Å². The van der Waals surface area contributed by atoms with Crippen molar-refractivity contribution in [3.8, 4) is 0 Å². The SMILES string of the molecule is Cc1nsc(NCC2CCN(CC(F)(F)F)C2)n1. The van der Waals surface area contributed by atoms with E-state index in [0.717, 1.165) is 11.6 Å². The Balaban J connectivity index is 1.73. The lowest BCUT2D eigenvalue weighted by atomic mass is 10.1. The number of anilines is 1. The van der Waals surface area contributed by atoms with Crippen LogP contribution in [0.3, 0.4) is 0 Å². The van der Waals surface area contributed by atoms with Crippen molar-refractivity contribution in [1.82, 2.24) is 14.3 Å². The van der Waals surface area contributed by atoms with Gasteiger partial charge in [-0.25, -0.2) is 4.98 Å². The van der Waals surface area contributed by atoms with E-state index in [-0.39, 0.29) is 5.92 Å². The summed E-state index contributed by atoms with van der Waals surface area (Å²) in [6.07, 6.45) is -3.31. The molecule has 102 valence electrons. The van der Waals surface area contributed by atoms with Crippen LogP contribution in [-0.4, -0.2) is 46.6 Å². The van der Waals surface area contributed by atoms with E-state index >= 15 is 0 Å². The van der Waals surface area contributed by atoms with Gasteiger partial charge in [0.25, 0.3) is 0 Å². The molecule has 2 heterocycles. The molecule has 0 radical (unpaired) electrons. The van der Waals surface area contributed by atoms with Crippen molar-refractivity contribution in [3.63, 3.8) is 0 Å². The molecular weight excluding hydrogens is 265 g/mol. The second-order valence-corrected chi connectivity index (χ2v) is 5.28. The summed E-state index contributed by atoms with van der Waals surface area (Å²) in [7, 11) is 0. The van der Waals surface area contributed by atoms with Crippen LogP contribution in [0.2, 0.25) is 0 Å². The number of hydrogen-bond donors (Lipinski definition) is 1. The Hall–Kier alpha value is -0.890. The molecule has 1 fully saturated rings. The van der Waals surface area contributed by atoms with Crippen molar-refractivity contribution in [1.29, 1.82) is 0 Å². The summed E-state index contributed by atoms with van der Waals surface area (Å²) in [5.74, 6) is 0.962. The van der Waals surface area contributed by atoms with E-state index in [2.05, 4.69) is 14.7 Å². The highest BCUT2D eigenvalue weighted by molar-refractivity contribution is 7.09. The van der Waals surface area contributed by atoms with Crippen LogP contribution in [0.1, 0.15) is 12.2 Å². The first-order chi connectivity index (χ1) is 8.42. The van der Waals surface area contributed by atoms with E-state index in [1.54, 1.807) is 0 Å². The fourth-order valence-electron chi connectivity index (χ4n) is 2.08. The van der Waals surface area contributed by atoms with Crippen LogP contribution in [0.5, 0.6) is 0 Å². The summed E-state index contributed by atoms with van der Waals surface area (Å²) in [6.45, 7) is 2.66. The van der Waals surface area contributed by atoms with Crippen molar-refractivity contribution >= 4 is 16.7 Å². The number of alkyl halides is 3. The highest BCUT2D eigenvalue weighted by Gasteiger charge is 2.34. The van der Waals surface area contributed by atoms with E-state index < -0.39 is 12.7 Å². The molecule has 0 saturated carbocycles. The van der Waals surface area contributed by atoms with Crippen LogP contribution in [0.25, 0.3) is 0 Å². The van der Waals surface area contributed by atoms with Gasteiger partial charge in [-0.1, -0.05) is 0 Å². The van der Waals surface area contributed by atoms with Crippen LogP contribution in [-0.2, 0) is 0 Å². The van der Waals surface area contributed by atoms with Crippen LogP contribution in [0.4, 0.5) is 18.3 Å². The number of likely N-dealkylation sites (tertiary alicyclic amines) is 1. The quantitative estimate of drug-likeness (QED) is 0.917. The number of hydrogen-bond acceptors (Lipinski definition) is 5. The van der Waals surface area contributed by atoms with Gasteiger partial charge in [0.15, 0.2) is 0 Å². The third kappa shape index (κ3) is 4.09. The maximum absolute atomic E-state index is 12.2. The largest absolute Gasteiger partial charge is 0.401 e. The number of aromatic nitrogens is 2. The van der Waals surface area contributed by atoms with Crippen LogP contribution in [0.15, 0.2) is 0 Å². The lowest BCUT2D eigenvalue weighted by Gasteiger charge is -2.17. The number of halogens is 3. The van der Waals surface area contributed by atoms with Crippen LogP contribution in [0, 0.1) is 12.8 Å². The van der Waals surface area contributed by atoms with Crippen molar-refractivity contribution < 1.29 is 13.2 Å². The molecule has 1 aromatic heterocycles. The van der Waals surface area contributed by atoms with Crippen LogP contribution < -0.4 is 5.32 Å². The summed E-state index contributed by atoms with van der Waals surface area (Å²) >= 11 is 1.28. The normalized spacial score (nSPS) is 21.4. The molecule has 0 spiro atoms. The van der Waals surface area contributed by atoms with Crippen molar-refractivity contribution in [2.75, 3.05) is 31.5 Å². The van der Waals surface area contributed by atoms with Gasteiger partial charge in [-0.15, -0.1) is 0 Å². The highest BCUT2D eigenvalue weighted by atomic mass is 32.1. The minimum absolute atomic E-state index is 0.247. The average Bonchev–Trinajstić information content (AvgIpc) is 2.82. The first-order valence-corrected chi connectivity index (χ1v) is 6.53. The Bertz CT molecular complexity index is 393. The average molecular weight is 280 g/mol. The molecule has 0 aliphatic carbocycles. The Labute approximate surface area is 107 Å². The molecule has 0 aromatic carbocycles. The predicted molar refractivity (Wildman–Crippen MR) is 63.7 cm³/mol. The molecule has 1 aromatic rings. The summed E-state index contributed by atoms with van der Waals surface area (Å²) < 4.78 is 40.7. The fourth-order valence-corrected chi connectivity index (χ4v) is 2.66. The monoisotopic (exact) mass is 280 g/mol. The molecule has 18 heavy (non-hydrogen) atoms. The zero-order chi connectivity index (χ0) is 13.2. The molecule has 0 bridgehead atoms. The molecule has 2 rings (SSSR count). The first kappa shape index (κ1) is 13.5. The molecule has 1 aliphatic rings. The Morgan fingerprint density at radius 2 is 2.28 bits per heavy atom. The van der Waals surface area contributed by atoms with Gasteiger partial charge in [0.1, 0.15) is 5.82 Å². The van der Waals surface area contributed by atoms with Crippen molar-refractivity contribution in [2.24, 2.45) is 5.92 Å². The Morgan fingerprint density at radius 3 is 2.89 bits per heavy atom. The van der Waals surface area contributed by atoms with Gasteiger partial charge >= 0.3 is 6.18 Å². The smallest absolute Gasteiger partial charge is 0.360 e. The molecule has 1 aliphatic heterocycles. The molecule has 1 unspecified atom stereocenters. The van der Waals surface area contributed by atoms with Gasteiger partial charge in [-0.2, -0.15) is 17.5 Å². The summed E-state index contributed by atoms with van der Waals surface area (Å²) in [6, 6.07) is 0. The van der Waals surface area contributed by atoms with Gasteiger partial charge < -0.3 is 5.32 Å². The molecular formula is C10H15F3N4S. The zero-order valence-electron chi connectivity index (χ0n) is 10.00. The van der Waals surface area contributed by atoms with Gasteiger partial charge in [-0.3, -0.25) is 4.90 Å². The lowest BCUT2D eigenvalue weighted by molar-refractivity contribution is -0.143. The van der Waals surface area contributed by atoms with E-state index in [9.17, 15) is 13.2 Å². The molecule has 8 heteroatoms.